The number of phosphoric acid groups is 1. The first-order valence-electron chi connectivity index (χ1n) is 7.43. The molecule has 3 N–H and O–H groups in total. The van der Waals surface area contributed by atoms with Gasteiger partial charge in [-0.25, -0.2) is 9.09 Å². The van der Waals surface area contributed by atoms with Crippen LogP contribution in [0.1, 0.15) is 29.8 Å². The molecule has 130 valence electrons. The Bertz CT molecular complexity index is 799. The molecule has 2 bridgehead atoms. The van der Waals surface area contributed by atoms with Gasteiger partial charge < -0.3 is 24.8 Å². The van der Waals surface area contributed by atoms with E-state index >= 15 is 0 Å². The molecule has 1 aromatic rings. The largest absolute Gasteiger partial charge is 0.472 e. The maximum atomic E-state index is 12.9. The molecule has 1 aromatic heterocycles. The van der Waals surface area contributed by atoms with Crippen molar-refractivity contribution in [2.24, 2.45) is 5.92 Å². The van der Waals surface area contributed by atoms with Crippen LogP contribution in [0.2, 0.25) is 0 Å². The van der Waals surface area contributed by atoms with E-state index in [4.69, 9.17) is 14.5 Å². The van der Waals surface area contributed by atoms with E-state index in [0.717, 1.165) is 19.3 Å². The van der Waals surface area contributed by atoms with E-state index in [1.165, 1.54) is 16.9 Å². The van der Waals surface area contributed by atoms with E-state index in [0.29, 0.717) is 12.6 Å². The molecule has 3 saturated carbocycles. The average molecular weight is 357 g/mol. The predicted octanol–water partition coefficient (Wildman–Crippen LogP) is -0.197. The Hall–Kier alpha value is -1.87. The molecule has 0 unspecified atom stereocenters. The number of ether oxygens (including phenoxy) is 1. The summed E-state index contributed by atoms with van der Waals surface area (Å²) in [6.45, 7) is -0.503. The Morgan fingerprint density at radius 2 is 2.04 bits per heavy atom. The molecule has 0 atom stereocenters. The summed E-state index contributed by atoms with van der Waals surface area (Å²) >= 11 is 0. The van der Waals surface area contributed by atoms with E-state index in [9.17, 15) is 14.2 Å². The molecule has 0 aromatic carbocycles. The normalized spacial score (nSPS) is 27.7. The van der Waals surface area contributed by atoms with Crippen LogP contribution in [-0.4, -0.2) is 44.3 Å². The first kappa shape index (κ1) is 15.6. The van der Waals surface area contributed by atoms with Gasteiger partial charge in [-0.2, -0.15) is 0 Å². The highest BCUT2D eigenvalue weighted by Crippen LogP contribution is 2.61. The quantitative estimate of drug-likeness (QED) is 0.488. The Labute approximate surface area is 136 Å². The summed E-state index contributed by atoms with van der Waals surface area (Å²) in [5.41, 5.74) is 2.33. The summed E-state index contributed by atoms with van der Waals surface area (Å²) in [5, 5.41) is 0. The second kappa shape index (κ2) is 5.06. The molecule has 2 heterocycles. The second-order valence-electron chi connectivity index (χ2n) is 6.36. The Morgan fingerprint density at radius 3 is 2.62 bits per heavy atom. The standard InChI is InChI=1S/C13H16N3O7P/c17-9-1-2-16-10(11(9)22-7-23-24(19,20)21)12(18)15(6-14-16)13-3-8(4-13)5-13/h1-2,8,14H,3-7H2,(H2,19,20,21). The smallest absolute Gasteiger partial charge is 0.460 e. The number of rotatable bonds is 5. The SMILES string of the molecule is O=C1c2c(OCOP(=O)(O)O)c(=O)ccn2NCN1C12CC(C1)C2. The fraction of sp³-hybridized carbons (Fsp3) is 0.538. The predicted molar refractivity (Wildman–Crippen MR) is 79.8 cm³/mol. The number of amides is 1. The van der Waals surface area contributed by atoms with Crippen molar-refractivity contribution < 1.29 is 28.4 Å². The summed E-state index contributed by atoms with van der Waals surface area (Å²) < 4.78 is 21.4. The van der Waals surface area contributed by atoms with Crippen LogP contribution in [0.15, 0.2) is 17.1 Å². The minimum atomic E-state index is -4.73. The average Bonchev–Trinajstić information content (AvgIpc) is 2.39. The van der Waals surface area contributed by atoms with Crippen LogP contribution in [0.4, 0.5) is 0 Å². The molecule has 0 spiro atoms. The zero-order chi connectivity index (χ0) is 17.1. The van der Waals surface area contributed by atoms with Gasteiger partial charge >= 0.3 is 7.82 Å². The first-order chi connectivity index (χ1) is 11.3. The van der Waals surface area contributed by atoms with Crippen molar-refractivity contribution in [3.63, 3.8) is 0 Å². The molecule has 3 aliphatic carbocycles. The molecule has 3 fully saturated rings. The van der Waals surface area contributed by atoms with Crippen LogP contribution in [0, 0.1) is 5.92 Å². The van der Waals surface area contributed by atoms with Gasteiger partial charge in [-0.3, -0.25) is 14.3 Å². The fourth-order valence-electron chi connectivity index (χ4n) is 3.64. The Morgan fingerprint density at radius 1 is 1.33 bits per heavy atom. The molecule has 0 saturated heterocycles. The molecular formula is C13H16N3O7P. The summed E-state index contributed by atoms with van der Waals surface area (Å²) in [6, 6.07) is 1.20. The minimum Gasteiger partial charge on any atom is -0.460 e. The Kier molecular flexibility index (Phi) is 3.30. The third-order valence-electron chi connectivity index (χ3n) is 4.90. The number of aromatic nitrogens is 1. The van der Waals surface area contributed by atoms with Crippen molar-refractivity contribution in [2.45, 2.75) is 24.8 Å². The van der Waals surface area contributed by atoms with Crippen LogP contribution >= 0.6 is 7.82 Å². The molecule has 11 heteroatoms. The zero-order valence-electron chi connectivity index (χ0n) is 12.5. The molecule has 1 amide bonds. The monoisotopic (exact) mass is 357 g/mol. The van der Waals surface area contributed by atoms with Gasteiger partial charge in [-0.1, -0.05) is 0 Å². The summed E-state index contributed by atoms with van der Waals surface area (Å²) in [4.78, 5) is 44.0. The maximum Gasteiger partial charge on any atom is 0.472 e. The van der Waals surface area contributed by atoms with Gasteiger partial charge in [-0.15, -0.1) is 0 Å². The minimum absolute atomic E-state index is 0.00721. The van der Waals surface area contributed by atoms with Gasteiger partial charge in [0.2, 0.25) is 18.0 Å². The lowest BCUT2D eigenvalue weighted by Crippen LogP contribution is -2.71. The lowest BCUT2D eigenvalue weighted by Gasteiger charge is -2.66. The number of phosphoric ester groups is 1. The van der Waals surface area contributed by atoms with Gasteiger partial charge in [0.25, 0.3) is 5.91 Å². The van der Waals surface area contributed by atoms with Crippen molar-refractivity contribution in [1.82, 2.24) is 9.58 Å². The number of nitrogens with zero attached hydrogens (tertiary/aromatic N) is 2. The van der Waals surface area contributed by atoms with E-state index in [1.807, 2.05) is 0 Å². The summed E-state index contributed by atoms with van der Waals surface area (Å²) in [7, 11) is -4.73. The Balaban J connectivity index is 1.62. The van der Waals surface area contributed by atoms with Crippen LogP contribution in [-0.2, 0) is 9.09 Å². The lowest BCUT2D eigenvalue weighted by atomic mass is 9.49. The van der Waals surface area contributed by atoms with Gasteiger partial charge in [0.15, 0.2) is 5.69 Å². The van der Waals surface area contributed by atoms with Crippen molar-refractivity contribution in [1.29, 1.82) is 0 Å². The van der Waals surface area contributed by atoms with Crippen molar-refractivity contribution >= 4 is 13.7 Å². The first-order valence-corrected chi connectivity index (χ1v) is 8.96. The van der Waals surface area contributed by atoms with Gasteiger partial charge in [0.1, 0.15) is 6.67 Å². The lowest BCUT2D eigenvalue weighted by molar-refractivity contribution is -0.124. The van der Waals surface area contributed by atoms with Crippen molar-refractivity contribution in [3.8, 4) is 5.75 Å². The van der Waals surface area contributed by atoms with Gasteiger partial charge in [0, 0.05) is 17.8 Å². The van der Waals surface area contributed by atoms with Crippen LogP contribution in [0.5, 0.6) is 5.75 Å². The number of hydrogen-bond acceptors (Lipinski definition) is 6. The second-order valence-corrected chi connectivity index (χ2v) is 7.60. The third-order valence-corrected chi connectivity index (χ3v) is 5.35. The number of pyridine rings is 1. The number of carbonyl (C=O) groups excluding carboxylic acids is 1. The number of fused-ring (bicyclic) bond motifs is 1. The third kappa shape index (κ3) is 2.34. The molecular weight excluding hydrogens is 341 g/mol. The highest BCUT2D eigenvalue weighted by molar-refractivity contribution is 7.46. The maximum absolute atomic E-state index is 12.9. The van der Waals surface area contributed by atoms with E-state index in [1.54, 1.807) is 4.90 Å². The van der Waals surface area contributed by atoms with Gasteiger partial charge in [-0.05, 0) is 25.2 Å². The summed E-state index contributed by atoms with van der Waals surface area (Å²) in [6.07, 6.45) is 4.32. The van der Waals surface area contributed by atoms with Crippen molar-refractivity contribution in [3.05, 3.63) is 28.2 Å². The highest BCUT2D eigenvalue weighted by atomic mass is 31.2. The van der Waals surface area contributed by atoms with E-state index < -0.39 is 20.0 Å². The van der Waals surface area contributed by atoms with Crippen LogP contribution in [0.25, 0.3) is 0 Å². The summed E-state index contributed by atoms with van der Waals surface area (Å²) in [5.74, 6) is 0.0561. The molecule has 4 aliphatic rings. The van der Waals surface area contributed by atoms with E-state index in [2.05, 4.69) is 9.95 Å². The highest BCUT2D eigenvalue weighted by Gasteiger charge is 2.62. The van der Waals surface area contributed by atoms with Crippen LogP contribution in [0.3, 0.4) is 0 Å². The molecule has 1 aliphatic heterocycles. The number of nitrogens with one attached hydrogen (secondary N) is 1. The molecule has 24 heavy (non-hydrogen) atoms. The topological polar surface area (TPSA) is 130 Å². The van der Waals surface area contributed by atoms with E-state index in [-0.39, 0.29) is 22.9 Å². The van der Waals surface area contributed by atoms with Gasteiger partial charge in [0.05, 0.1) is 0 Å². The molecule has 0 radical (unpaired) electrons. The van der Waals surface area contributed by atoms with Crippen LogP contribution < -0.4 is 15.6 Å². The number of hydrogen-bond donors (Lipinski definition) is 3. The molecule has 10 nitrogen and oxygen atoms in total. The fourth-order valence-corrected chi connectivity index (χ4v) is 3.83. The zero-order valence-corrected chi connectivity index (χ0v) is 13.4. The molecule has 5 rings (SSSR count). The number of carbonyl (C=O) groups is 1. The van der Waals surface area contributed by atoms with Crippen molar-refractivity contribution in [2.75, 3.05) is 18.9 Å².